The summed E-state index contributed by atoms with van der Waals surface area (Å²) in [6.07, 6.45) is 4.03. The minimum atomic E-state index is 0.929. The van der Waals surface area contributed by atoms with E-state index < -0.39 is 0 Å². The number of hydrogen-bond donors (Lipinski definition) is 2. The minimum Gasteiger partial charge on any atom is -0.317 e. The van der Waals surface area contributed by atoms with Gasteiger partial charge in [0.1, 0.15) is 0 Å². The average Bonchev–Trinajstić information content (AvgIpc) is 2.40. The second-order valence-electron chi connectivity index (χ2n) is 5.58. The van der Waals surface area contributed by atoms with Crippen molar-refractivity contribution in [3.63, 3.8) is 0 Å². The highest BCUT2D eigenvalue weighted by molar-refractivity contribution is 5.29. The van der Waals surface area contributed by atoms with Crippen LogP contribution in [0.1, 0.15) is 36.0 Å². The highest BCUT2D eigenvalue weighted by atomic mass is 14.9. The summed E-state index contributed by atoms with van der Waals surface area (Å²) in [5, 5.41) is 7.00. The third-order valence-corrected chi connectivity index (χ3v) is 4.09. The lowest BCUT2D eigenvalue weighted by molar-refractivity contribution is 0.348. The summed E-state index contributed by atoms with van der Waals surface area (Å²) in [5.41, 5.74) is 4.18. The fraction of sp³-hybridized carbons (Fsp3) is 0.625. The van der Waals surface area contributed by atoms with E-state index in [2.05, 4.69) is 42.7 Å². The molecule has 0 aliphatic carbocycles. The Bertz CT molecular complexity index is 367. The number of nitrogens with one attached hydrogen (secondary N) is 2. The molecule has 0 atom stereocenters. The van der Waals surface area contributed by atoms with Gasteiger partial charge < -0.3 is 10.6 Å². The van der Waals surface area contributed by atoms with Crippen LogP contribution in [0, 0.1) is 19.8 Å². The monoisotopic (exact) mass is 246 g/mol. The van der Waals surface area contributed by atoms with Crippen LogP contribution in [0.25, 0.3) is 0 Å². The first-order valence-electron chi connectivity index (χ1n) is 7.23. The van der Waals surface area contributed by atoms with Gasteiger partial charge in [-0.3, -0.25) is 0 Å². The average molecular weight is 246 g/mol. The zero-order valence-electron chi connectivity index (χ0n) is 11.8. The lowest BCUT2D eigenvalue weighted by Gasteiger charge is -2.22. The van der Waals surface area contributed by atoms with Crippen molar-refractivity contribution in [1.29, 1.82) is 0 Å². The van der Waals surface area contributed by atoms with Gasteiger partial charge in [-0.1, -0.05) is 18.2 Å². The molecule has 0 radical (unpaired) electrons. The maximum absolute atomic E-state index is 3.58. The fourth-order valence-corrected chi connectivity index (χ4v) is 2.62. The molecule has 100 valence electrons. The molecule has 2 rings (SSSR count). The molecule has 1 fully saturated rings. The van der Waals surface area contributed by atoms with Crippen LogP contribution in [0.5, 0.6) is 0 Å². The molecular weight excluding hydrogens is 220 g/mol. The van der Waals surface area contributed by atoms with E-state index in [-0.39, 0.29) is 0 Å². The SMILES string of the molecule is Cc1ccc(CNCCC2CCNCC2)cc1C. The van der Waals surface area contributed by atoms with Crippen molar-refractivity contribution in [2.75, 3.05) is 19.6 Å². The first kappa shape index (κ1) is 13.6. The Labute approximate surface area is 111 Å². The van der Waals surface area contributed by atoms with Gasteiger partial charge in [0.25, 0.3) is 0 Å². The Hall–Kier alpha value is -0.860. The van der Waals surface area contributed by atoms with Crippen molar-refractivity contribution in [1.82, 2.24) is 10.6 Å². The molecule has 18 heavy (non-hydrogen) atoms. The highest BCUT2D eigenvalue weighted by Gasteiger charge is 2.11. The Morgan fingerprint density at radius 3 is 2.67 bits per heavy atom. The molecule has 1 aliphatic rings. The summed E-state index contributed by atoms with van der Waals surface area (Å²) in [6, 6.07) is 6.76. The second kappa shape index (κ2) is 6.91. The fourth-order valence-electron chi connectivity index (χ4n) is 2.62. The summed E-state index contributed by atoms with van der Waals surface area (Å²) in [6.45, 7) is 8.94. The Morgan fingerprint density at radius 2 is 1.94 bits per heavy atom. The maximum atomic E-state index is 3.58. The zero-order chi connectivity index (χ0) is 12.8. The first-order chi connectivity index (χ1) is 8.75. The molecule has 0 amide bonds. The van der Waals surface area contributed by atoms with Crippen LogP contribution in [0.4, 0.5) is 0 Å². The molecule has 2 nitrogen and oxygen atoms in total. The quantitative estimate of drug-likeness (QED) is 0.781. The van der Waals surface area contributed by atoms with Crippen LogP contribution in [0.15, 0.2) is 18.2 Å². The van der Waals surface area contributed by atoms with Crippen LogP contribution in [0.3, 0.4) is 0 Å². The van der Waals surface area contributed by atoms with Crippen molar-refractivity contribution in [2.24, 2.45) is 5.92 Å². The van der Waals surface area contributed by atoms with Gasteiger partial charge in [-0.25, -0.2) is 0 Å². The summed E-state index contributed by atoms with van der Waals surface area (Å²) >= 11 is 0. The van der Waals surface area contributed by atoms with E-state index in [1.54, 1.807) is 0 Å². The number of benzene rings is 1. The van der Waals surface area contributed by atoms with Gasteiger partial charge in [0.2, 0.25) is 0 Å². The van der Waals surface area contributed by atoms with Crippen molar-refractivity contribution < 1.29 is 0 Å². The summed E-state index contributed by atoms with van der Waals surface area (Å²) in [5.74, 6) is 0.929. The maximum Gasteiger partial charge on any atom is 0.0205 e. The van der Waals surface area contributed by atoms with Crippen molar-refractivity contribution in [2.45, 2.75) is 39.7 Å². The standard InChI is InChI=1S/C16H26N2/c1-13-3-4-16(11-14(13)2)12-18-10-7-15-5-8-17-9-6-15/h3-4,11,15,17-18H,5-10,12H2,1-2H3. The smallest absolute Gasteiger partial charge is 0.0205 e. The molecule has 1 saturated heterocycles. The van der Waals surface area contributed by atoms with E-state index in [0.717, 1.165) is 19.0 Å². The van der Waals surface area contributed by atoms with Gasteiger partial charge in [-0.2, -0.15) is 0 Å². The van der Waals surface area contributed by atoms with E-state index in [1.165, 1.54) is 49.0 Å². The van der Waals surface area contributed by atoms with Crippen LogP contribution in [0.2, 0.25) is 0 Å². The van der Waals surface area contributed by atoms with Gasteiger partial charge in [0.05, 0.1) is 0 Å². The lowest BCUT2D eigenvalue weighted by atomic mass is 9.95. The van der Waals surface area contributed by atoms with Crippen molar-refractivity contribution >= 4 is 0 Å². The van der Waals surface area contributed by atoms with Gasteiger partial charge >= 0.3 is 0 Å². The molecule has 0 aromatic heterocycles. The molecule has 0 unspecified atom stereocenters. The molecule has 0 spiro atoms. The Morgan fingerprint density at radius 1 is 1.17 bits per heavy atom. The van der Waals surface area contributed by atoms with Crippen LogP contribution < -0.4 is 10.6 Å². The molecule has 1 aromatic rings. The molecule has 2 N–H and O–H groups in total. The molecule has 0 saturated carbocycles. The van der Waals surface area contributed by atoms with E-state index in [4.69, 9.17) is 0 Å². The van der Waals surface area contributed by atoms with Crippen LogP contribution >= 0.6 is 0 Å². The summed E-state index contributed by atoms with van der Waals surface area (Å²) in [4.78, 5) is 0. The predicted octanol–water partition coefficient (Wildman–Crippen LogP) is 2.78. The van der Waals surface area contributed by atoms with Crippen molar-refractivity contribution in [3.8, 4) is 0 Å². The minimum absolute atomic E-state index is 0.929. The number of rotatable bonds is 5. The molecule has 1 aromatic carbocycles. The Kier molecular flexibility index (Phi) is 5.21. The number of hydrogen-bond acceptors (Lipinski definition) is 2. The number of aryl methyl sites for hydroxylation is 2. The van der Waals surface area contributed by atoms with Crippen molar-refractivity contribution in [3.05, 3.63) is 34.9 Å². The van der Waals surface area contributed by atoms with Gasteiger partial charge in [-0.15, -0.1) is 0 Å². The molecule has 2 heteroatoms. The van der Waals surface area contributed by atoms with E-state index in [9.17, 15) is 0 Å². The second-order valence-corrected chi connectivity index (χ2v) is 5.58. The normalized spacial score (nSPS) is 17.0. The largest absolute Gasteiger partial charge is 0.317 e. The third-order valence-electron chi connectivity index (χ3n) is 4.09. The molecule has 1 aliphatic heterocycles. The molecule has 0 bridgehead atoms. The van der Waals surface area contributed by atoms with E-state index in [0.29, 0.717) is 0 Å². The van der Waals surface area contributed by atoms with E-state index in [1.807, 2.05) is 0 Å². The third kappa shape index (κ3) is 4.11. The highest BCUT2D eigenvalue weighted by Crippen LogP contribution is 2.15. The summed E-state index contributed by atoms with van der Waals surface area (Å²) in [7, 11) is 0. The first-order valence-corrected chi connectivity index (χ1v) is 7.23. The molecular formula is C16H26N2. The number of piperidine rings is 1. The topological polar surface area (TPSA) is 24.1 Å². The summed E-state index contributed by atoms with van der Waals surface area (Å²) < 4.78 is 0. The van der Waals surface area contributed by atoms with Crippen LogP contribution in [-0.4, -0.2) is 19.6 Å². The van der Waals surface area contributed by atoms with Gasteiger partial charge in [-0.05, 0) is 75.4 Å². The Balaban J connectivity index is 1.66. The zero-order valence-corrected chi connectivity index (χ0v) is 11.8. The van der Waals surface area contributed by atoms with E-state index >= 15 is 0 Å². The van der Waals surface area contributed by atoms with Gasteiger partial charge in [0.15, 0.2) is 0 Å². The predicted molar refractivity (Wildman–Crippen MR) is 77.8 cm³/mol. The molecule has 1 heterocycles. The lowest BCUT2D eigenvalue weighted by Crippen LogP contribution is -2.29. The van der Waals surface area contributed by atoms with Gasteiger partial charge in [0, 0.05) is 6.54 Å². The van der Waals surface area contributed by atoms with Crippen LogP contribution in [-0.2, 0) is 6.54 Å².